The summed E-state index contributed by atoms with van der Waals surface area (Å²) >= 11 is 0. The number of carbonyl (C=O) groups excluding carboxylic acids is 1. The zero-order valence-corrected chi connectivity index (χ0v) is 4.22. The first-order valence-corrected chi connectivity index (χ1v) is 1.98. The Morgan fingerprint density at radius 3 is 2.43 bits per heavy atom. The predicted octanol–water partition coefficient (Wildman–Crippen LogP) is -1.10. The molecule has 42 valence electrons. The smallest absolute Gasteiger partial charge is 0.141 e. The highest BCUT2D eigenvalue weighted by molar-refractivity contribution is 5.62. The molecule has 7 heavy (non-hydrogen) atoms. The second-order valence-electron chi connectivity index (χ2n) is 1.78. The van der Waals surface area contributed by atoms with Crippen molar-refractivity contribution in [2.24, 2.45) is 5.73 Å². The van der Waals surface area contributed by atoms with Gasteiger partial charge < -0.3 is 15.6 Å². The van der Waals surface area contributed by atoms with E-state index in [0.29, 0.717) is 6.29 Å². The van der Waals surface area contributed by atoms with E-state index in [9.17, 15) is 4.79 Å². The van der Waals surface area contributed by atoms with Crippen LogP contribution in [-0.4, -0.2) is 23.5 Å². The van der Waals surface area contributed by atoms with Crippen LogP contribution in [0.4, 0.5) is 0 Å². The quantitative estimate of drug-likeness (QED) is 0.436. The Labute approximate surface area is 42.1 Å². The van der Waals surface area contributed by atoms with Crippen LogP contribution >= 0.6 is 0 Å². The van der Waals surface area contributed by atoms with Crippen molar-refractivity contribution < 1.29 is 9.90 Å². The van der Waals surface area contributed by atoms with Gasteiger partial charge in [0, 0.05) is 0 Å². The molecule has 3 N–H and O–H groups in total. The monoisotopic (exact) mass is 103 g/mol. The van der Waals surface area contributed by atoms with Crippen LogP contribution in [0.5, 0.6) is 0 Å². The van der Waals surface area contributed by atoms with Crippen molar-refractivity contribution in [3.63, 3.8) is 0 Å². The van der Waals surface area contributed by atoms with E-state index >= 15 is 0 Å². The Morgan fingerprint density at radius 1 is 2.00 bits per heavy atom. The first-order chi connectivity index (χ1) is 3.12. The molecule has 0 amide bonds. The molecule has 0 spiro atoms. The van der Waals surface area contributed by atoms with Crippen molar-refractivity contribution in [1.82, 2.24) is 0 Å². The normalized spacial score (nSPS) is 18.1. The van der Waals surface area contributed by atoms with Gasteiger partial charge in [0.05, 0.1) is 12.1 Å². The second kappa shape index (κ2) is 2.04. The number of aldehydes is 1. The Kier molecular flexibility index (Phi) is 1.92. The average Bonchev–Trinajstić information content (AvgIpc) is 1.68. The molecule has 0 fully saturated rings. The lowest BCUT2D eigenvalue weighted by atomic mass is 10.1. The fourth-order valence-electron chi connectivity index (χ4n) is 0.0373. The minimum absolute atomic E-state index is 0.295. The van der Waals surface area contributed by atoms with Crippen molar-refractivity contribution in [3.05, 3.63) is 0 Å². The molecule has 0 aliphatic heterocycles. The van der Waals surface area contributed by atoms with E-state index in [1.54, 1.807) is 0 Å². The van der Waals surface area contributed by atoms with Gasteiger partial charge >= 0.3 is 0 Å². The average molecular weight is 103 g/mol. The number of rotatable bonds is 2. The lowest BCUT2D eigenvalue weighted by Gasteiger charge is -2.10. The molecule has 3 nitrogen and oxygen atoms in total. The minimum Gasteiger partial charge on any atom is -0.394 e. The van der Waals surface area contributed by atoms with E-state index in [4.69, 9.17) is 10.8 Å². The topological polar surface area (TPSA) is 63.3 Å². The van der Waals surface area contributed by atoms with E-state index < -0.39 is 5.54 Å². The highest BCUT2D eigenvalue weighted by Gasteiger charge is 2.13. The molecule has 0 aromatic rings. The Morgan fingerprint density at radius 2 is 2.43 bits per heavy atom. The van der Waals surface area contributed by atoms with E-state index in [2.05, 4.69) is 0 Å². The molecule has 0 aliphatic carbocycles. The summed E-state index contributed by atoms with van der Waals surface area (Å²) < 4.78 is 0. The maximum Gasteiger partial charge on any atom is 0.141 e. The molecule has 0 bridgehead atoms. The fraction of sp³-hybridized carbons (Fsp3) is 0.750. The van der Waals surface area contributed by atoms with Crippen molar-refractivity contribution in [2.75, 3.05) is 6.61 Å². The zero-order chi connectivity index (χ0) is 5.91. The third-order valence-electron chi connectivity index (χ3n) is 0.610. The van der Waals surface area contributed by atoms with Crippen molar-refractivity contribution >= 4 is 6.29 Å². The Bertz CT molecular complexity index is 70.1. The molecule has 1 atom stereocenters. The van der Waals surface area contributed by atoms with Crippen molar-refractivity contribution in [2.45, 2.75) is 12.5 Å². The molecule has 0 saturated carbocycles. The second-order valence-corrected chi connectivity index (χ2v) is 1.78. The van der Waals surface area contributed by atoms with Crippen LogP contribution in [-0.2, 0) is 4.79 Å². The summed E-state index contributed by atoms with van der Waals surface area (Å²) in [5.74, 6) is 0. The van der Waals surface area contributed by atoms with Crippen LogP contribution in [0.25, 0.3) is 0 Å². The van der Waals surface area contributed by atoms with Crippen LogP contribution in [0.2, 0.25) is 0 Å². The number of hydrogen-bond donors (Lipinski definition) is 2. The Balaban J connectivity index is 3.58. The zero-order valence-electron chi connectivity index (χ0n) is 4.22. The molecule has 3 heteroatoms. The predicted molar refractivity (Wildman–Crippen MR) is 25.7 cm³/mol. The van der Waals surface area contributed by atoms with Gasteiger partial charge in [0.1, 0.15) is 6.29 Å². The van der Waals surface area contributed by atoms with Crippen LogP contribution in [0.3, 0.4) is 0 Å². The lowest BCUT2D eigenvalue weighted by molar-refractivity contribution is -0.112. The molecule has 0 aliphatic rings. The van der Waals surface area contributed by atoms with Crippen LogP contribution in [0.15, 0.2) is 0 Å². The third kappa shape index (κ3) is 2.31. The maximum absolute atomic E-state index is 9.77. The standard InChI is InChI=1S/C4H9NO2/c1-4(5,2-6)3-7/h2,7H,3,5H2,1H3/t4-/m0/s1. The first kappa shape index (κ1) is 6.59. The van der Waals surface area contributed by atoms with Gasteiger partial charge in [0.15, 0.2) is 0 Å². The van der Waals surface area contributed by atoms with E-state index in [1.165, 1.54) is 6.92 Å². The molecule has 0 heterocycles. The lowest BCUT2D eigenvalue weighted by Crippen LogP contribution is -2.41. The van der Waals surface area contributed by atoms with Gasteiger partial charge in [-0.25, -0.2) is 0 Å². The van der Waals surface area contributed by atoms with Gasteiger partial charge in [0.2, 0.25) is 0 Å². The number of carbonyl (C=O) groups is 1. The van der Waals surface area contributed by atoms with Gasteiger partial charge in [-0.3, -0.25) is 0 Å². The molecule has 0 unspecified atom stereocenters. The van der Waals surface area contributed by atoms with Crippen molar-refractivity contribution in [3.8, 4) is 0 Å². The molecule has 0 aromatic heterocycles. The van der Waals surface area contributed by atoms with E-state index in [0.717, 1.165) is 0 Å². The van der Waals surface area contributed by atoms with Gasteiger partial charge in [-0.2, -0.15) is 0 Å². The first-order valence-electron chi connectivity index (χ1n) is 1.98. The molecule has 0 radical (unpaired) electrons. The molecular formula is C4H9NO2. The van der Waals surface area contributed by atoms with Crippen LogP contribution < -0.4 is 5.73 Å². The van der Waals surface area contributed by atoms with Gasteiger partial charge in [-0.15, -0.1) is 0 Å². The summed E-state index contributed by atoms with van der Waals surface area (Å²) in [4.78, 5) is 9.77. The Hall–Kier alpha value is -0.410. The maximum atomic E-state index is 9.77. The van der Waals surface area contributed by atoms with Gasteiger partial charge in [0.25, 0.3) is 0 Å². The molecule has 0 saturated heterocycles. The van der Waals surface area contributed by atoms with Crippen LogP contribution in [0, 0.1) is 0 Å². The largest absolute Gasteiger partial charge is 0.394 e. The molecular weight excluding hydrogens is 94.0 g/mol. The highest BCUT2D eigenvalue weighted by atomic mass is 16.3. The SMILES string of the molecule is C[C@](N)(C=O)CO. The summed E-state index contributed by atoms with van der Waals surface area (Å²) in [5, 5.41) is 8.24. The number of aliphatic hydroxyl groups is 1. The molecule has 0 rings (SSSR count). The van der Waals surface area contributed by atoms with Gasteiger partial charge in [-0.1, -0.05) is 0 Å². The molecule has 0 aromatic carbocycles. The number of nitrogens with two attached hydrogens (primary N) is 1. The van der Waals surface area contributed by atoms with E-state index in [1.807, 2.05) is 0 Å². The number of hydrogen-bond acceptors (Lipinski definition) is 3. The summed E-state index contributed by atoms with van der Waals surface area (Å²) in [5.41, 5.74) is 4.06. The van der Waals surface area contributed by atoms with Crippen molar-refractivity contribution in [1.29, 1.82) is 0 Å². The highest BCUT2D eigenvalue weighted by Crippen LogP contribution is 1.87. The van der Waals surface area contributed by atoms with E-state index in [-0.39, 0.29) is 6.61 Å². The van der Waals surface area contributed by atoms with Crippen LogP contribution in [0.1, 0.15) is 6.92 Å². The third-order valence-corrected chi connectivity index (χ3v) is 0.610. The number of aliphatic hydroxyl groups excluding tert-OH is 1. The van der Waals surface area contributed by atoms with Gasteiger partial charge in [-0.05, 0) is 6.92 Å². The minimum atomic E-state index is -1.04. The summed E-state index contributed by atoms with van der Waals surface area (Å²) in [6, 6.07) is 0. The fourth-order valence-corrected chi connectivity index (χ4v) is 0.0373. The summed E-state index contributed by atoms with van der Waals surface area (Å²) in [7, 11) is 0. The summed E-state index contributed by atoms with van der Waals surface area (Å²) in [6.07, 6.45) is 0.521. The summed E-state index contributed by atoms with van der Waals surface area (Å²) in [6.45, 7) is 1.16.